The van der Waals surface area contributed by atoms with Crippen LogP contribution in [0.3, 0.4) is 0 Å². The first-order valence-electron chi connectivity index (χ1n) is 8.50. The van der Waals surface area contributed by atoms with E-state index in [-0.39, 0.29) is 11.7 Å². The van der Waals surface area contributed by atoms with Crippen molar-refractivity contribution >= 4 is 16.8 Å². The number of fused-ring (bicyclic) bond motifs is 1. The summed E-state index contributed by atoms with van der Waals surface area (Å²) in [7, 11) is 0. The topological polar surface area (TPSA) is 77.6 Å². The summed E-state index contributed by atoms with van der Waals surface area (Å²) in [4.78, 5) is 12.3. The Bertz CT molecular complexity index is 1100. The molecule has 4 aromatic rings. The van der Waals surface area contributed by atoms with Gasteiger partial charge in [0.05, 0.1) is 11.2 Å². The monoisotopic (exact) mass is 364 g/mol. The second-order valence-corrected chi connectivity index (χ2v) is 6.15. The highest BCUT2D eigenvalue weighted by Gasteiger charge is 2.08. The summed E-state index contributed by atoms with van der Waals surface area (Å²) in [5.41, 5.74) is 2.15. The van der Waals surface area contributed by atoms with Crippen LogP contribution in [0, 0.1) is 12.7 Å². The van der Waals surface area contributed by atoms with E-state index in [1.165, 1.54) is 12.1 Å². The number of carbonyl (C=O) groups is 1. The molecule has 2 heterocycles. The Kier molecular flexibility index (Phi) is 4.37. The number of amides is 1. The van der Waals surface area contributed by atoms with E-state index in [0.717, 1.165) is 16.6 Å². The molecule has 1 N–H and O–H groups in total. The number of rotatable bonds is 5. The predicted molar refractivity (Wildman–Crippen MR) is 98.1 cm³/mol. The van der Waals surface area contributed by atoms with Crippen molar-refractivity contribution in [3.8, 4) is 5.69 Å². The lowest BCUT2D eigenvalue weighted by atomic mass is 10.2. The van der Waals surface area contributed by atoms with Gasteiger partial charge in [-0.25, -0.2) is 4.39 Å². The molecule has 0 atom stereocenters. The molecule has 0 aliphatic heterocycles. The molecule has 0 aliphatic rings. The van der Waals surface area contributed by atoms with E-state index in [9.17, 15) is 9.18 Å². The first kappa shape index (κ1) is 16.9. The van der Waals surface area contributed by atoms with Crippen LogP contribution >= 0.6 is 0 Å². The molecule has 1 amide bonds. The van der Waals surface area contributed by atoms with Crippen molar-refractivity contribution in [3.63, 3.8) is 0 Å². The summed E-state index contributed by atoms with van der Waals surface area (Å²) in [6.07, 6.45) is 1.89. The predicted octanol–water partition coefficient (Wildman–Crippen LogP) is 2.49. The van der Waals surface area contributed by atoms with Gasteiger partial charge in [0.2, 0.25) is 0 Å². The molecular formula is C19H17FN6O. The fourth-order valence-electron chi connectivity index (χ4n) is 2.97. The highest BCUT2D eigenvalue weighted by Crippen LogP contribution is 2.16. The Morgan fingerprint density at radius 2 is 1.96 bits per heavy atom. The zero-order valence-electron chi connectivity index (χ0n) is 14.6. The molecule has 27 heavy (non-hydrogen) atoms. The molecule has 0 spiro atoms. The van der Waals surface area contributed by atoms with Crippen LogP contribution in [-0.4, -0.2) is 37.2 Å². The van der Waals surface area contributed by atoms with E-state index in [0.29, 0.717) is 24.5 Å². The highest BCUT2D eigenvalue weighted by atomic mass is 19.1. The van der Waals surface area contributed by atoms with E-state index < -0.39 is 0 Å². The van der Waals surface area contributed by atoms with Crippen molar-refractivity contribution in [1.29, 1.82) is 0 Å². The Labute approximate surface area is 154 Å². The molecule has 0 fully saturated rings. The maximum absolute atomic E-state index is 13.4. The van der Waals surface area contributed by atoms with Crippen LogP contribution in [0.2, 0.25) is 0 Å². The van der Waals surface area contributed by atoms with Crippen molar-refractivity contribution in [1.82, 2.24) is 30.1 Å². The van der Waals surface area contributed by atoms with Gasteiger partial charge in [-0.05, 0) is 71.3 Å². The fraction of sp³-hybridized carbons (Fsp3) is 0.158. The number of aromatic nitrogens is 5. The quantitative estimate of drug-likeness (QED) is 0.590. The molecular weight excluding hydrogens is 347 g/mol. The van der Waals surface area contributed by atoms with E-state index in [1.54, 1.807) is 41.9 Å². The van der Waals surface area contributed by atoms with Gasteiger partial charge in [0.25, 0.3) is 5.91 Å². The molecule has 0 aliphatic carbocycles. The number of nitrogens with zero attached hydrogens (tertiary/aromatic N) is 5. The Morgan fingerprint density at radius 3 is 2.70 bits per heavy atom. The number of hydrogen-bond acceptors (Lipinski definition) is 4. The second-order valence-electron chi connectivity index (χ2n) is 6.15. The van der Waals surface area contributed by atoms with Crippen molar-refractivity contribution in [3.05, 3.63) is 71.9 Å². The SMILES string of the molecule is Cc1nnnn1-c1ccc(C(=O)NCCn2ccc3ccc(F)cc32)cc1. The average Bonchev–Trinajstić information content (AvgIpc) is 3.28. The van der Waals surface area contributed by atoms with Crippen molar-refractivity contribution in [2.24, 2.45) is 0 Å². The normalized spacial score (nSPS) is 11.0. The molecule has 136 valence electrons. The Balaban J connectivity index is 1.39. The van der Waals surface area contributed by atoms with E-state index in [4.69, 9.17) is 0 Å². The zero-order valence-corrected chi connectivity index (χ0v) is 14.6. The summed E-state index contributed by atoms with van der Waals surface area (Å²) in [5.74, 6) is 0.226. The molecule has 4 rings (SSSR count). The minimum atomic E-state index is -0.274. The Hall–Kier alpha value is -3.55. The van der Waals surface area contributed by atoms with Crippen LogP contribution in [0.4, 0.5) is 4.39 Å². The number of halogens is 1. The first-order valence-corrected chi connectivity index (χ1v) is 8.50. The third-order valence-corrected chi connectivity index (χ3v) is 4.37. The van der Waals surface area contributed by atoms with Gasteiger partial charge in [-0.1, -0.05) is 0 Å². The first-order chi connectivity index (χ1) is 13.1. The van der Waals surface area contributed by atoms with Crippen LogP contribution in [0.5, 0.6) is 0 Å². The molecule has 0 unspecified atom stereocenters. The molecule has 0 bridgehead atoms. The van der Waals surface area contributed by atoms with Gasteiger partial charge in [-0.15, -0.1) is 5.10 Å². The number of nitrogens with one attached hydrogen (secondary N) is 1. The summed E-state index contributed by atoms with van der Waals surface area (Å²) in [6.45, 7) is 2.80. The van der Waals surface area contributed by atoms with E-state index in [1.807, 2.05) is 16.8 Å². The van der Waals surface area contributed by atoms with Crippen LogP contribution < -0.4 is 5.32 Å². The number of tetrazole rings is 1. The van der Waals surface area contributed by atoms with Crippen LogP contribution in [0.15, 0.2) is 54.7 Å². The molecule has 7 nitrogen and oxygen atoms in total. The van der Waals surface area contributed by atoms with E-state index in [2.05, 4.69) is 20.8 Å². The number of hydrogen-bond donors (Lipinski definition) is 1. The third kappa shape index (κ3) is 3.41. The third-order valence-electron chi connectivity index (χ3n) is 4.37. The molecule has 8 heteroatoms. The standard InChI is InChI=1S/C19H17FN6O/c1-13-22-23-24-26(13)17-6-3-15(4-7-17)19(27)21-9-11-25-10-8-14-2-5-16(20)12-18(14)25/h2-8,10,12H,9,11H2,1H3,(H,21,27). The molecule has 0 radical (unpaired) electrons. The summed E-state index contributed by atoms with van der Waals surface area (Å²) >= 11 is 0. The van der Waals surface area contributed by atoms with Gasteiger partial charge in [0.1, 0.15) is 5.82 Å². The van der Waals surface area contributed by atoms with Crippen molar-refractivity contribution in [2.75, 3.05) is 6.54 Å². The maximum atomic E-state index is 13.4. The van der Waals surface area contributed by atoms with Crippen LogP contribution in [0.25, 0.3) is 16.6 Å². The van der Waals surface area contributed by atoms with Gasteiger partial charge >= 0.3 is 0 Å². The Morgan fingerprint density at radius 1 is 1.15 bits per heavy atom. The van der Waals surface area contributed by atoms with Gasteiger partial charge in [0.15, 0.2) is 5.82 Å². The maximum Gasteiger partial charge on any atom is 0.251 e. The van der Waals surface area contributed by atoms with E-state index >= 15 is 0 Å². The van der Waals surface area contributed by atoms with Crippen molar-refractivity contribution < 1.29 is 9.18 Å². The molecule has 2 aromatic carbocycles. The summed E-state index contributed by atoms with van der Waals surface area (Å²) < 4.78 is 16.9. The lowest BCUT2D eigenvalue weighted by Crippen LogP contribution is -2.27. The lowest BCUT2D eigenvalue weighted by Gasteiger charge is -2.08. The van der Waals surface area contributed by atoms with Crippen molar-refractivity contribution in [2.45, 2.75) is 13.5 Å². The largest absolute Gasteiger partial charge is 0.350 e. The highest BCUT2D eigenvalue weighted by molar-refractivity contribution is 5.94. The van der Waals surface area contributed by atoms with Gasteiger partial charge in [-0.3, -0.25) is 4.79 Å². The van der Waals surface area contributed by atoms with Gasteiger partial charge < -0.3 is 9.88 Å². The fourth-order valence-corrected chi connectivity index (χ4v) is 2.97. The smallest absolute Gasteiger partial charge is 0.251 e. The average molecular weight is 364 g/mol. The summed E-state index contributed by atoms with van der Waals surface area (Å²) in [6, 6.07) is 13.6. The lowest BCUT2D eigenvalue weighted by molar-refractivity contribution is 0.0952. The van der Waals surface area contributed by atoms with Gasteiger partial charge in [-0.2, -0.15) is 4.68 Å². The minimum absolute atomic E-state index is 0.169. The van der Waals surface area contributed by atoms with Crippen LogP contribution in [-0.2, 0) is 6.54 Å². The number of carbonyl (C=O) groups excluding carboxylic acids is 1. The minimum Gasteiger partial charge on any atom is -0.350 e. The molecule has 0 saturated carbocycles. The number of benzene rings is 2. The second kappa shape index (κ2) is 6.99. The molecule has 2 aromatic heterocycles. The van der Waals surface area contributed by atoms with Crippen LogP contribution in [0.1, 0.15) is 16.2 Å². The number of aryl methyl sites for hydroxylation is 1. The van der Waals surface area contributed by atoms with Gasteiger partial charge in [0, 0.05) is 24.8 Å². The molecule has 0 saturated heterocycles. The summed E-state index contributed by atoms with van der Waals surface area (Å²) in [5, 5.41) is 15.2. The zero-order chi connectivity index (χ0) is 18.8.